The van der Waals surface area contributed by atoms with E-state index in [0.717, 1.165) is 0 Å². The fourth-order valence-electron chi connectivity index (χ4n) is 4.37. The molecule has 3 saturated heterocycles. The summed E-state index contributed by atoms with van der Waals surface area (Å²) in [7, 11) is 0. The Morgan fingerprint density at radius 1 is 1.03 bits per heavy atom. The predicted octanol–water partition coefficient (Wildman–Crippen LogP) is -2.15. The van der Waals surface area contributed by atoms with Crippen molar-refractivity contribution in [1.29, 1.82) is 0 Å². The number of hydrogen-bond donors (Lipinski definition) is 3. The van der Waals surface area contributed by atoms with Crippen LogP contribution in [0.5, 0.6) is 0 Å². The van der Waals surface area contributed by atoms with Crippen molar-refractivity contribution >= 4 is 35.3 Å². The summed E-state index contributed by atoms with van der Waals surface area (Å²) in [6.45, 7) is 4.90. The predicted molar refractivity (Wildman–Crippen MR) is 135 cm³/mol. The largest absolute Gasteiger partial charge is 0.388 e. The number of ketones is 1. The average molecular weight is 579 g/mol. The van der Waals surface area contributed by atoms with E-state index in [2.05, 4.69) is 5.32 Å². The smallest absolute Gasteiger partial charge is 0.242 e. The van der Waals surface area contributed by atoms with Crippen molar-refractivity contribution in [3.63, 3.8) is 0 Å². The molecule has 222 valence electrons. The molecule has 14 nitrogen and oxygen atoms in total. The van der Waals surface area contributed by atoms with Gasteiger partial charge in [-0.25, -0.2) is 0 Å². The summed E-state index contributed by atoms with van der Waals surface area (Å²) in [6.07, 6.45) is -3.31. The van der Waals surface area contributed by atoms with Gasteiger partial charge >= 0.3 is 0 Å². The summed E-state index contributed by atoms with van der Waals surface area (Å²) in [4.78, 5) is 47.9. The molecule has 0 aliphatic carbocycles. The monoisotopic (exact) mass is 578 g/mol. The highest BCUT2D eigenvalue weighted by atomic mass is 32.2. The summed E-state index contributed by atoms with van der Waals surface area (Å²) in [6, 6.07) is -0.864. The van der Waals surface area contributed by atoms with Gasteiger partial charge in [0.25, 0.3) is 0 Å². The van der Waals surface area contributed by atoms with Crippen molar-refractivity contribution in [3.8, 4) is 0 Å². The Balaban J connectivity index is 1.16. The second kappa shape index (κ2) is 15.3. The van der Waals surface area contributed by atoms with E-state index in [1.54, 1.807) is 0 Å². The SMILES string of the molecule is CC(=O)CSC1CC(=O)N(CCOCCOCCOCCOC[C@@]23CO[C@@H](O2)[C@@H](NC(C)=O)[C@@H](O)[C@H]3O)C1=O. The number of aliphatic hydroxyl groups excluding tert-OH is 2. The first kappa shape index (κ1) is 31.8. The molecule has 0 aromatic rings. The Bertz CT molecular complexity index is 863. The van der Waals surface area contributed by atoms with Crippen LogP contribution < -0.4 is 5.32 Å². The zero-order valence-electron chi connectivity index (χ0n) is 22.2. The fourth-order valence-corrected chi connectivity index (χ4v) is 5.33. The molecule has 1 unspecified atom stereocenters. The molecule has 3 heterocycles. The minimum absolute atomic E-state index is 0.0156. The van der Waals surface area contributed by atoms with Gasteiger partial charge in [-0.15, -0.1) is 11.8 Å². The van der Waals surface area contributed by atoms with E-state index in [1.165, 1.54) is 30.5 Å². The maximum absolute atomic E-state index is 12.3. The number of imide groups is 1. The van der Waals surface area contributed by atoms with Gasteiger partial charge in [0.2, 0.25) is 17.7 Å². The number of rotatable bonds is 18. The van der Waals surface area contributed by atoms with Crippen LogP contribution in [0.15, 0.2) is 0 Å². The van der Waals surface area contributed by atoms with Gasteiger partial charge in [0, 0.05) is 13.3 Å². The number of ether oxygens (including phenoxy) is 6. The van der Waals surface area contributed by atoms with E-state index in [1.807, 2.05) is 0 Å². The van der Waals surface area contributed by atoms with Crippen molar-refractivity contribution in [2.45, 2.75) is 55.7 Å². The minimum atomic E-state index is -1.30. The van der Waals surface area contributed by atoms with Gasteiger partial charge in [0.15, 0.2) is 6.29 Å². The van der Waals surface area contributed by atoms with Crippen LogP contribution in [0.4, 0.5) is 0 Å². The summed E-state index contributed by atoms with van der Waals surface area (Å²) in [5, 5.41) is 22.9. The maximum Gasteiger partial charge on any atom is 0.242 e. The molecule has 0 spiro atoms. The van der Waals surface area contributed by atoms with Crippen molar-refractivity contribution in [3.05, 3.63) is 0 Å². The Kier molecular flexibility index (Phi) is 12.5. The van der Waals surface area contributed by atoms with Gasteiger partial charge < -0.3 is 44.0 Å². The highest BCUT2D eigenvalue weighted by molar-refractivity contribution is 8.01. The van der Waals surface area contributed by atoms with Crippen LogP contribution in [0.3, 0.4) is 0 Å². The highest BCUT2D eigenvalue weighted by Crippen LogP contribution is 2.37. The molecule has 0 saturated carbocycles. The normalized spacial score (nSPS) is 30.3. The first-order valence-electron chi connectivity index (χ1n) is 12.8. The maximum atomic E-state index is 12.3. The molecule has 3 N–H and O–H groups in total. The van der Waals surface area contributed by atoms with Crippen LogP contribution >= 0.6 is 11.8 Å². The third-order valence-corrected chi connectivity index (χ3v) is 7.69. The van der Waals surface area contributed by atoms with Crippen molar-refractivity contribution < 1.29 is 57.8 Å². The number of thioether (sulfide) groups is 1. The zero-order chi connectivity index (χ0) is 28.4. The first-order chi connectivity index (χ1) is 18.6. The van der Waals surface area contributed by atoms with E-state index in [0.29, 0.717) is 26.4 Å². The lowest BCUT2D eigenvalue weighted by molar-refractivity contribution is -0.238. The molecule has 3 amide bonds. The molecule has 3 aliphatic heterocycles. The molecular weight excluding hydrogens is 540 g/mol. The zero-order valence-corrected chi connectivity index (χ0v) is 23.0. The third-order valence-electron chi connectivity index (χ3n) is 6.35. The average Bonchev–Trinajstić information content (AvgIpc) is 3.41. The lowest BCUT2D eigenvalue weighted by Gasteiger charge is -2.42. The quantitative estimate of drug-likeness (QED) is 0.119. The molecule has 15 heteroatoms. The number of aliphatic hydroxyl groups is 2. The van der Waals surface area contributed by atoms with Crippen LogP contribution in [0.1, 0.15) is 20.3 Å². The second-order valence-corrected chi connectivity index (χ2v) is 10.7. The van der Waals surface area contributed by atoms with Crippen LogP contribution in [-0.4, -0.2) is 146 Å². The van der Waals surface area contributed by atoms with E-state index >= 15 is 0 Å². The molecular formula is C24H38N2O12S. The van der Waals surface area contributed by atoms with E-state index in [4.69, 9.17) is 28.4 Å². The number of carbonyl (C=O) groups excluding carboxylic acids is 4. The van der Waals surface area contributed by atoms with Crippen LogP contribution in [0.25, 0.3) is 0 Å². The van der Waals surface area contributed by atoms with Gasteiger partial charge in [-0.2, -0.15) is 0 Å². The standard InChI is InChI=1S/C24H38N2O12S/c1-15(27)12-39-17-11-18(29)26(22(17)32)3-4-33-5-6-34-7-8-35-9-10-36-13-24-14-37-23(38-24)19(25-16(2)28)20(30)21(24)31/h17,19-21,23,30-31H,3-14H2,1-2H3,(H,25,28)/t17?,19-,20+,21+,23-,24-/m0/s1. The van der Waals surface area contributed by atoms with Crippen molar-refractivity contribution in [2.75, 3.05) is 71.8 Å². The number of amides is 3. The Labute approximate surface area is 230 Å². The van der Waals surface area contributed by atoms with Crippen molar-refractivity contribution in [2.24, 2.45) is 0 Å². The first-order valence-corrected chi connectivity index (χ1v) is 13.9. The summed E-state index contributed by atoms with van der Waals surface area (Å²) in [5.74, 6) is -0.715. The molecule has 2 bridgehead atoms. The molecule has 0 aromatic heterocycles. The topological polar surface area (TPSA) is 179 Å². The molecule has 6 atom stereocenters. The van der Waals surface area contributed by atoms with Gasteiger partial charge in [0.1, 0.15) is 29.6 Å². The van der Waals surface area contributed by atoms with Gasteiger partial charge in [0.05, 0.1) is 77.0 Å². The number of fused-ring (bicyclic) bond motifs is 2. The van der Waals surface area contributed by atoms with E-state index in [-0.39, 0.29) is 75.3 Å². The minimum Gasteiger partial charge on any atom is -0.388 e. The van der Waals surface area contributed by atoms with E-state index in [9.17, 15) is 29.4 Å². The second-order valence-electron chi connectivity index (χ2n) is 9.50. The Morgan fingerprint density at radius 3 is 2.26 bits per heavy atom. The molecule has 3 aliphatic rings. The van der Waals surface area contributed by atoms with Crippen molar-refractivity contribution in [1.82, 2.24) is 10.2 Å². The number of hydrogen-bond acceptors (Lipinski definition) is 13. The number of Topliss-reactive ketones (excluding diaryl/α,β-unsaturated/α-hetero) is 1. The highest BCUT2D eigenvalue weighted by Gasteiger charge is 2.59. The fraction of sp³-hybridized carbons (Fsp3) is 0.833. The molecule has 39 heavy (non-hydrogen) atoms. The summed E-state index contributed by atoms with van der Waals surface area (Å²) < 4.78 is 33.1. The molecule has 0 aromatic carbocycles. The van der Waals surface area contributed by atoms with E-state index < -0.39 is 35.4 Å². The van der Waals surface area contributed by atoms with Crippen LogP contribution in [-0.2, 0) is 47.6 Å². The molecule has 3 rings (SSSR count). The molecule has 3 fully saturated rings. The number of nitrogens with one attached hydrogen (secondary N) is 1. The Morgan fingerprint density at radius 2 is 1.64 bits per heavy atom. The van der Waals surface area contributed by atoms with Crippen LogP contribution in [0, 0.1) is 0 Å². The molecule has 0 radical (unpaired) electrons. The van der Waals surface area contributed by atoms with Gasteiger partial charge in [-0.1, -0.05) is 0 Å². The Hall–Kier alpha value is -1.69. The number of carbonyl (C=O) groups is 4. The lowest BCUT2D eigenvalue weighted by Crippen LogP contribution is -2.66. The third kappa shape index (κ3) is 8.90. The summed E-state index contributed by atoms with van der Waals surface area (Å²) >= 11 is 1.20. The number of nitrogens with zero attached hydrogens (tertiary/aromatic N) is 1. The van der Waals surface area contributed by atoms with Crippen LogP contribution in [0.2, 0.25) is 0 Å². The summed E-state index contributed by atoms with van der Waals surface area (Å²) in [5.41, 5.74) is -1.21. The number of likely N-dealkylation sites (tertiary alicyclic amines) is 1. The lowest BCUT2D eigenvalue weighted by atomic mass is 9.88. The van der Waals surface area contributed by atoms with Gasteiger partial charge in [-0.3, -0.25) is 24.1 Å². The van der Waals surface area contributed by atoms with Gasteiger partial charge in [-0.05, 0) is 6.92 Å².